The molecule has 0 spiro atoms. The molecule has 2 aromatic carbocycles. The fraction of sp³-hybridized carbons (Fsp3) is 0.500. The average molecular weight is 353 g/mol. The van der Waals surface area contributed by atoms with Crippen molar-refractivity contribution in [3.8, 4) is 0 Å². The van der Waals surface area contributed by atoms with Crippen LogP contribution in [-0.4, -0.2) is 13.2 Å². The van der Waals surface area contributed by atoms with Crippen LogP contribution in [0, 0.1) is 0 Å². The number of benzene rings is 2. The molecule has 0 unspecified atom stereocenters. The summed E-state index contributed by atoms with van der Waals surface area (Å²) in [5.41, 5.74) is 5.21. The summed E-state index contributed by atoms with van der Waals surface area (Å²) in [6, 6.07) is 17.6. The van der Waals surface area contributed by atoms with Crippen LogP contribution in [0.1, 0.15) is 80.4 Å². The molecule has 1 saturated heterocycles. The van der Waals surface area contributed by atoms with Gasteiger partial charge in [-0.15, -0.1) is 0 Å². The number of ether oxygens (including phenoxy) is 2. The van der Waals surface area contributed by atoms with Gasteiger partial charge in [0.25, 0.3) is 0 Å². The molecule has 3 rings (SSSR count). The maximum absolute atomic E-state index is 6.12. The number of aryl methyl sites for hydroxylation is 1. The van der Waals surface area contributed by atoms with Gasteiger partial charge < -0.3 is 9.47 Å². The van der Waals surface area contributed by atoms with Gasteiger partial charge in [-0.25, -0.2) is 0 Å². The van der Waals surface area contributed by atoms with Gasteiger partial charge in [0, 0.05) is 0 Å². The van der Waals surface area contributed by atoms with Crippen LogP contribution in [0.4, 0.5) is 0 Å². The summed E-state index contributed by atoms with van der Waals surface area (Å²) in [7, 11) is 0. The molecule has 1 fully saturated rings. The maximum Gasteiger partial charge on any atom is 0.106 e. The monoisotopic (exact) mass is 352 g/mol. The molecule has 0 N–H and O–H groups in total. The predicted molar refractivity (Wildman–Crippen MR) is 108 cm³/mol. The molecule has 0 saturated carbocycles. The summed E-state index contributed by atoms with van der Waals surface area (Å²) in [6.07, 6.45) is 5.11. The van der Waals surface area contributed by atoms with Gasteiger partial charge in [-0.3, -0.25) is 0 Å². The Morgan fingerprint density at radius 1 is 0.808 bits per heavy atom. The van der Waals surface area contributed by atoms with Crippen LogP contribution in [-0.2, 0) is 15.9 Å². The Hall–Kier alpha value is -1.64. The van der Waals surface area contributed by atoms with Crippen molar-refractivity contribution in [3.05, 3.63) is 70.8 Å². The second-order valence-electron chi connectivity index (χ2n) is 7.66. The molecule has 2 nitrogen and oxygen atoms in total. The molecule has 140 valence electrons. The van der Waals surface area contributed by atoms with Crippen molar-refractivity contribution in [2.75, 3.05) is 13.2 Å². The van der Waals surface area contributed by atoms with E-state index in [4.69, 9.17) is 9.47 Å². The topological polar surface area (TPSA) is 18.5 Å². The van der Waals surface area contributed by atoms with E-state index in [0.717, 1.165) is 0 Å². The van der Waals surface area contributed by atoms with Gasteiger partial charge >= 0.3 is 0 Å². The van der Waals surface area contributed by atoms with Gasteiger partial charge in [0.05, 0.1) is 13.2 Å². The van der Waals surface area contributed by atoms with E-state index in [0.29, 0.717) is 19.1 Å². The van der Waals surface area contributed by atoms with Gasteiger partial charge in [-0.1, -0.05) is 82.1 Å². The van der Waals surface area contributed by atoms with E-state index in [1.54, 1.807) is 0 Å². The lowest BCUT2D eigenvalue weighted by Gasteiger charge is -2.30. The first-order valence-corrected chi connectivity index (χ1v) is 10.1. The molecule has 0 aromatic heterocycles. The normalized spacial score (nSPS) is 20.5. The zero-order valence-corrected chi connectivity index (χ0v) is 16.4. The molecule has 2 heteroatoms. The summed E-state index contributed by atoms with van der Waals surface area (Å²) in [4.78, 5) is 0. The van der Waals surface area contributed by atoms with Gasteiger partial charge in [-0.2, -0.15) is 0 Å². The van der Waals surface area contributed by atoms with Gasteiger partial charge in [0.2, 0.25) is 0 Å². The van der Waals surface area contributed by atoms with Crippen molar-refractivity contribution in [1.82, 2.24) is 0 Å². The lowest BCUT2D eigenvalue weighted by atomic mass is 9.99. The Kier molecular flexibility index (Phi) is 6.87. The molecule has 0 bridgehead atoms. The van der Waals surface area contributed by atoms with Gasteiger partial charge in [0.1, 0.15) is 12.2 Å². The Labute approximate surface area is 158 Å². The Morgan fingerprint density at radius 3 is 1.81 bits per heavy atom. The van der Waals surface area contributed by atoms with E-state index < -0.39 is 0 Å². The van der Waals surface area contributed by atoms with Crippen LogP contribution >= 0.6 is 0 Å². The highest BCUT2D eigenvalue weighted by molar-refractivity contribution is 5.27. The summed E-state index contributed by atoms with van der Waals surface area (Å²) in [5.74, 6) is 0.557. The second kappa shape index (κ2) is 9.34. The molecule has 0 amide bonds. The molecule has 1 heterocycles. The molecule has 1 aliphatic rings. The second-order valence-corrected chi connectivity index (χ2v) is 7.66. The van der Waals surface area contributed by atoms with E-state index in [9.17, 15) is 0 Å². The molecule has 2 atom stereocenters. The zero-order chi connectivity index (χ0) is 18.4. The summed E-state index contributed by atoms with van der Waals surface area (Å²) in [6.45, 7) is 7.91. The van der Waals surface area contributed by atoms with Crippen LogP contribution in [0.3, 0.4) is 0 Å². The van der Waals surface area contributed by atoms with E-state index in [1.165, 1.54) is 47.9 Å². The number of unbranched alkanes of at least 4 members (excludes halogenated alkanes) is 2. The maximum atomic E-state index is 6.12. The first-order chi connectivity index (χ1) is 12.7. The van der Waals surface area contributed by atoms with Crippen molar-refractivity contribution in [2.45, 2.75) is 64.6 Å². The van der Waals surface area contributed by atoms with Gasteiger partial charge in [-0.05, 0) is 41.0 Å². The molecule has 0 radical (unpaired) electrons. The molecule has 26 heavy (non-hydrogen) atoms. The highest BCUT2D eigenvalue weighted by Crippen LogP contribution is 2.30. The first-order valence-electron chi connectivity index (χ1n) is 10.1. The minimum atomic E-state index is 0.0424. The minimum Gasteiger partial charge on any atom is -0.368 e. The lowest BCUT2D eigenvalue weighted by Crippen LogP contribution is -2.25. The Bertz CT molecular complexity index is 650. The predicted octanol–water partition coefficient (Wildman–Crippen LogP) is 6.37. The van der Waals surface area contributed by atoms with Crippen molar-refractivity contribution in [2.24, 2.45) is 0 Å². The number of rotatable bonds is 7. The first kappa shape index (κ1) is 19.1. The zero-order valence-electron chi connectivity index (χ0n) is 16.4. The average Bonchev–Trinajstić information content (AvgIpc) is 2.69. The van der Waals surface area contributed by atoms with Crippen LogP contribution in [0.25, 0.3) is 0 Å². The van der Waals surface area contributed by atoms with E-state index in [1.807, 2.05) is 0 Å². The Morgan fingerprint density at radius 2 is 1.35 bits per heavy atom. The van der Waals surface area contributed by atoms with Crippen molar-refractivity contribution < 1.29 is 9.47 Å². The highest BCUT2D eigenvalue weighted by atomic mass is 16.6. The fourth-order valence-corrected chi connectivity index (χ4v) is 3.46. The van der Waals surface area contributed by atoms with Crippen LogP contribution in [0.5, 0.6) is 0 Å². The largest absolute Gasteiger partial charge is 0.368 e. The number of hydrogen-bond donors (Lipinski definition) is 0. The van der Waals surface area contributed by atoms with E-state index >= 15 is 0 Å². The Balaban J connectivity index is 1.53. The summed E-state index contributed by atoms with van der Waals surface area (Å²) < 4.78 is 12.2. The molecule has 1 aliphatic heterocycles. The summed E-state index contributed by atoms with van der Waals surface area (Å²) in [5, 5.41) is 0. The van der Waals surface area contributed by atoms with Crippen molar-refractivity contribution in [1.29, 1.82) is 0 Å². The molecule has 2 aromatic rings. The quantitative estimate of drug-likeness (QED) is 0.539. The molecular weight excluding hydrogens is 320 g/mol. The van der Waals surface area contributed by atoms with Crippen LogP contribution in [0.15, 0.2) is 48.5 Å². The van der Waals surface area contributed by atoms with E-state index in [2.05, 4.69) is 69.3 Å². The van der Waals surface area contributed by atoms with Crippen LogP contribution < -0.4 is 0 Å². The third kappa shape index (κ3) is 4.96. The standard InChI is InChI=1S/C24H32O2/c1-4-5-6-7-19-8-10-21(11-9-19)23-16-26-24(17-25-23)22-14-12-20(13-15-22)18(2)3/h8-15,18,23-24H,4-7,16-17H2,1-3H3/t23-,24+/m1/s1. The smallest absolute Gasteiger partial charge is 0.106 e. The lowest BCUT2D eigenvalue weighted by molar-refractivity contribution is -0.137. The van der Waals surface area contributed by atoms with Gasteiger partial charge in [0.15, 0.2) is 0 Å². The molecular formula is C24H32O2. The van der Waals surface area contributed by atoms with Crippen molar-refractivity contribution >= 4 is 0 Å². The summed E-state index contributed by atoms with van der Waals surface area (Å²) >= 11 is 0. The third-order valence-electron chi connectivity index (χ3n) is 5.29. The molecule has 0 aliphatic carbocycles. The minimum absolute atomic E-state index is 0.0424. The number of hydrogen-bond acceptors (Lipinski definition) is 2. The highest BCUT2D eigenvalue weighted by Gasteiger charge is 2.24. The van der Waals surface area contributed by atoms with E-state index in [-0.39, 0.29) is 12.2 Å². The van der Waals surface area contributed by atoms with Crippen molar-refractivity contribution in [3.63, 3.8) is 0 Å². The fourth-order valence-electron chi connectivity index (χ4n) is 3.46. The third-order valence-corrected chi connectivity index (χ3v) is 5.29. The SMILES string of the molecule is CCCCCc1ccc([C@H]2CO[C@H](c3ccc(C(C)C)cc3)CO2)cc1. The van der Waals surface area contributed by atoms with Crippen LogP contribution in [0.2, 0.25) is 0 Å².